The molecule has 0 radical (unpaired) electrons. The first-order valence-electron chi connectivity index (χ1n) is 6.75. The molecule has 1 fully saturated rings. The van der Waals surface area contributed by atoms with E-state index in [1.807, 2.05) is 12.1 Å². The van der Waals surface area contributed by atoms with Crippen molar-refractivity contribution in [3.05, 3.63) is 35.6 Å². The van der Waals surface area contributed by atoms with Gasteiger partial charge in [0, 0.05) is 19.2 Å². The van der Waals surface area contributed by atoms with Crippen molar-refractivity contribution in [2.24, 2.45) is 0 Å². The molecule has 1 saturated carbocycles. The summed E-state index contributed by atoms with van der Waals surface area (Å²) in [5, 5.41) is 3.61. The Morgan fingerprint density at radius 2 is 1.89 bits per heavy atom. The van der Waals surface area contributed by atoms with E-state index in [2.05, 4.69) is 12.2 Å². The van der Waals surface area contributed by atoms with Crippen LogP contribution in [-0.2, 0) is 4.74 Å². The smallest absolute Gasteiger partial charge is 0.123 e. The first kappa shape index (κ1) is 13.5. The number of ether oxygens (including phenoxy) is 1. The molecule has 0 spiro atoms. The molecule has 1 aliphatic rings. The first-order chi connectivity index (χ1) is 8.70. The molecule has 3 atom stereocenters. The molecule has 3 unspecified atom stereocenters. The van der Waals surface area contributed by atoms with Gasteiger partial charge >= 0.3 is 0 Å². The van der Waals surface area contributed by atoms with Gasteiger partial charge in [0.25, 0.3) is 0 Å². The maximum absolute atomic E-state index is 12.9. The maximum Gasteiger partial charge on any atom is 0.123 e. The molecular formula is C15H22FNO. The third-order valence-electron chi connectivity index (χ3n) is 3.84. The van der Waals surface area contributed by atoms with Gasteiger partial charge in [0.2, 0.25) is 0 Å². The molecule has 1 N–H and O–H groups in total. The second-order valence-corrected chi connectivity index (χ2v) is 5.11. The van der Waals surface area contributed by atoms with Crippen LogP contribution in [0, 0.1) is 5.82 Å². The zero-order chi connectivity index (χ0) is 13.0. The third kappa shape index (κ3) is 3.30. The fourth-order valence-electron chi connectivity index (χ4n) is 2.74. The molecule has 0 saturated heterocycles. The largest absolute Gasteiger partial charge is 0.380 e. The highest BCUT2D eigenvalue weighted by atomic mass is 19.1. The van der Waals surface area contributed by atoms with Crippen molar-refractivity contribution in [2.75, 3.05) is 7.11 Å². The fourth-order valence-corrected chi connectivity index (χ4v) is 2.74. The lowest BCUT2D eigenvalue weighted by atomic mass is 9.91. The Labute approximate surface area is 109 Å². The number of hydrogen-bond donors (Lipinski definition) is 1. The molecular weight excluding hydrogens is 229 g/mol. The minimum absolute atomic E-state index is 0.182. The van der Waals surface area contributed by atoms with Crippen molar-refractivity contribution in [3.8, 4) is 0 Å². The number of methoxy groups -OCH3 is 1. The maximum atomic E-state index is 12.9. The SMILES string of the molecule is COC1CCCCC1NC(C)c1ccc(F)cc1. The molecule has 0 heterocycles. The van der Waals surface area contributed by atoms with Crippen molar-refractivity contribution in [1.29, 1.82) is 0 Å². The van der Waals surface area contributed by atoms with Crippen molar-refractivity contribution < 1.29 is 9.13 Å². The summed E-state index contributed by atoms with van der Waals surface area (Å²) in [6, 6.07) is 7.36. The summed E-state index contributed by atoms with van der Waals surface area (Å²) < 4.78 is 18.4. The Morgan fingerprint density at radius 3 is 2.56 bits per heavy atom. The number of rotatable bonds is 4. The second-order valence-electron chi connectivity index (χ2n) is 5.11. The van der Waals surface area contributed by atoms with Crippen LogP contribution in [-0.4, -0.2) is 19.3 Å². The predicted molar refractivity (Wildman–Crippen MR) is 71.0 cm³/mol. The van der Waals surface area contributed by atoms with Crippen molar-refractivity contribution in [2.45, 2.75) is 50.8 Å². The summed E-state index contributed by atoms with van der Waals surface area (Å²) in [4.78, 5) is 0. The van der Waals surface area contributed by atoms with Gasteiger partial charge in [-0.05, 0) is 37.5 Å². The van der Waals surface area contributed by atoms with E-state index in [4.69, 9.17) is 4.74 Å². The Kier molecular flexibility index (Phi) is 4.72. The number of benzene rings is 1. The molecule has 2 rings (SSSR count). The standard InChI is InChI=1S/C15H22FNO/c1-11(12-7-9-13(16)10-8-12)17-14-5-3-4-6-15(14)18-2/h7-11,14-15,17H,3-6H2,1-2H3. The van der Waals surface area contributed by atoms with E-state index in [1.165, 1.54) is 25.0 Å². The molecule has 0 aliphatic heterocycles. The van der Waals surface area contributed by atoms with Crippen molar-refractivity contribution in [1.82, 2.24) is 5.32 Å². The molecule has 1 aromatic carbocycles. The average Bonchev–Trinajstić information content (AvgIpc) is 2.40. The number of nitrogens with one attached hydrogen (secondary N) is 1. The van der Waals surface area contributed by atoms with Crippen molar-refractivity contribution in [3.63, 3.8) is 0 Å². The number of hydrogen-bond acceptors (Lipinski definition) is 2. The van der Waals surface area contributed by atoms with E-state index in [0.29, 0.717) is 12.1 Å². The van der Waals surface area contributed by atoms with Gasteiger partial charge in [-0.1, -0.05) is 25.0 Å². The summed E-state index contributed by atoms with van der Waals surface area (Å²) in [5.41, 5.74) is 1.12. The Morgan fingerprint density at radius 1 is 1.22 bits per heavy atom. The van der Waals surface area contributed by atoms with Gasteiger partial charge in [-0.15, -0.1) is 0 Å². The van der Waals surface area contributed by atoms with E-state index in [-0.39, 0.29) is 11.9 Å². The molecule has 2 nitrogen and oxygen atoms in total. The summed E-state index contributed by atoms with van der Waals surface area (Å²) in [6.07, 6.45) is 5.10. The van der Waals surface area contributed by atoms with Gasteiger partial charge in [-0.25, -0.2) is 4.39 Å². The molecule has 1 aliphatic carbocycles. The predicted octanol–water partition coefficient (Wildman–Crippen LogP) is 3.43. The molecule has 18 heavy (non-hydrogen) atoms. The normalized spacial score (nSPS) is 25.9. The van der Waals surface area contributed by atoms with Gasteiger partial charge in [0.1, 0.15) is 5.82 Å². The van der Waals surface area contributed by atoms with Crippen molar-refractivity contribution >= 4 is 0 Å². The molecule has 0 bridgehead atoms. The Hall–Kier alpha value is -0.930. The second kappa shape index (κ2) is 6.30. The van der Waals surface area contributed by atoms with Gasteiger partial charge in [-0.2, -0.15) is 0 Å². The summed E-state index contributed by atoms with van der Waals surface area (Å²) in [5.74, 6) is -0.182. The minimum Gasteiger partial charge on any atom is -0.380 e. The highest BCUT2D eigenvalue weighted by molar-refractivity contribution is 5.19. The van der Waals surface area contributed by atoms with Gasteiger partial charge in [0.05, 0.1) is 6.10 Å². The van der Waals surface area contributed by atoms with Crippen LogP contribution in [0.5, 0.6) is 0 Å². The Balaban J connectivity index is 1.97. The molecule has 0 amide bonds. The monoisotopic (exact) mass is 251 g/mol. The van der Waals surface area contributed by atoms with Gasteiger partial charge in [-0.3, -0.25) is 0 Å². The molecule has 1 aromatic rings. The van der Waals surface area contributed by atoms with E-state index < -0.39 is 0 Å². The topological polar surface area (TPSA) is 21.3 Å². The van der Waals surface area contributed by atoms with E-state index >= 15 is 0 Å². The lowest BCUT2D eigenvalue weighted by molar-refractivity contribution is 0.0384. The van der Waals surface area contributed by atoms with E-state index in [1.54, 1.807) is 7.11 Å². The van der Waals surface area contributed by atoms with Crippen LogP contribution in [0.1, 0.15) is 44.2 Å². The molecule has 0 aromatic heterocycles. The van der Waals surface area contributed by atoms with Crippen LogP contribution in [0.4, 0.5) is 4.39 Å². The summed E-state index contributed by atoms with van der Waals surface area (Å²) >= 11 is 0. The van der Waals surface area contributed by atoms with Gasteiger partial charge in [0.15, 0.2) is 0 Å². The quantitative estimate of drug-likeness (QED) is 0.885. The third-order valence-corrected chi connectivity index (χ3v) is 3.84. The fraction of sp³-hybridized carbons (Fsp3) is 0.600. The lowest BCUT2D eigenvalue weighted by Gasteiger charge is -2.33. The highest BCUT2D eigenvalue weighted by Crippen LogP contribution is 2.23. The van der Waals surface area contributed by atoms with Crippen LogP contribution in [0.15, 0.2) is 24.3 Å². The lowest BCUT2D eigenvalue weighted by Crippen LogP contribution is -2.44. The van der Waals surface area contributed by atoms with Crippen LogP contribution >= 0.6 is 0 Å². The minimum atomic E-state index is -0.182. The van der Waals surface area contributed by atoms with Gasteiger partial charge < -0.3 is 10.1 Å². The molecule has 3 heteroatoms. The van der Waals surface area contributed by atoms with Crippen LogP contribution in [0.3, 0.4) is 0 Å². The summed E-state index contributed by atoms with van der Waals surface area (Å²) in [6.45, 7) is 2.12. The highest BCUT2D eigenvalue weighted by Gasteiger charge is 2.26. The Bertz CT molecular complexity index is 365. The van der Waals surface area contributed by atoms with E-state index in [9.17, 15) is 4.39 Å². The number of halogens is 1. The first-order valence-corrected chi connectivity index (χ1v) is 6.75. The zero-order valence-corrected chi connectivity index (χ0v) is 11.2. The van der Waals surface area contributed by atoms with Crippen LogP contribution in [0.25, 0.3) is 0 Å². The average molecular weight is 251 g/mol. The zero-order valence-electron chi connectivity index (χ0n) is 11.2. The van der Waals surface area contributed by atoms with Crippen LogP contribution < -0.4 is 5.32 Å². The molecule has 100 valence electrons. The summed E-state index contributed by atoms with van der Waals surface area (Å²) in [7, 11) is 1.78. The van der Waals surface area contributed by atoms with E-state index in [0.717, 1.165) is 18.4 Å². The van der Waals surface area contributed by atoms with Crippen LogP contribution in [0.2, 0.25) is 0 Å².